The Balaban J connectivity index is 3.46. The van der Waals surface area contributed by atoms with E-state index in [-0.39, 0.29) is 11.4 Å². The topological polar surface area (TPSA) is 45.8 Å². The van der Waals surface area contributed by atoms with Gasteiger partial charge in [0.1, 0.15) is 5.82 Å². The third kappa shape index (κ3) is 1.07. The molecule has 0 unspecified atom stereocenters. The highest BCUT2D eigenvalue weighted by Crippen LogP contribution is 1.94. The number of hydrogen-bond donors (Lipinski definition) is 1. The number of aromatic nitrogens is 2. The Morgan fingerprint density at radius 2 is 2.10 bits per heavy atom. The molecule has 10 heavy (non-hydrogen) atoms. The van der Waals surface area contributed by atoms with Gasteiger partial charge in [0.2, 0.25) is 0 Å². The average molecular weight is 136 g/mol. The Morgan fingerprint density at radius 3 is 2.60 bits per heavy atom. The molecule has 1 rings (SSSR count). The number of H-pyrrole nitrogens is 1. The van der Waals surface area contributed by atoms with Crippen LogP contribution in [0.15, 0.2) is 4.79 Å². The Kier molecular flexibility index (Phi) is 1.57. The van der Waals surface area contributed by atoms with E-state index >= 15 is 0 Å². The molecule has 3 heteroatoms. The number of aromatic amines is 1. The van der Waals surface area contributed by atoms with Crippen molar-refractivity contribution in [1.82, 2.24) is 9.97 Å². The number of nitrogens with one attached hydrogen (secondary N) is 1. The van der Waals surface area contributed by atoms with E-state index < -0.39 is 0 Å². The van der Waals surface area contributed by atoms with Crippen LogP contribution in [0.2, 0.25) is 0 Å². The van der Waals surface area contributed by atoms with E-state index in [1.807, 2.05) is 0 Å². The summed E-state index contributed by atoms with van der Waals surface area (Å²) in [7, 11) is 0. The van der Waals surface area contributed by atoms with Crippen LogP contribution in [0.4, 0.5) is 0 Å². The molecule has 0 atom stereocenters. The molecular formula is C7H8N2O. The minimum atomic E-state index is -0.162. The predicted molar refractivity (Wildman–Crippen MR) is 37.7 cm³/mol. The molecule has 2 radical (unpaired) electrons. The largest absolute Gasteiger partial charge is 0.310 e. The minimum absolute atomic E-state index is 0.162. The standard InChI is InChI=1S/C7H8N2O/c1-4-5(2)8-6(3)9-7(4)10/h3H,1-2H3,(H,8,9,10). The van der Waals surface area contributed by atoms with Gasteiger partial charge < -0.3 is 4.98 Å². The maximum absolute atomic E-state index is 10.9. The summed E-state index contributed by atoms with van der Waals surface area (Å²) < 4.78 is 0. The second-order valence-electron chi connectivity index (χ2n) is 2.16. The van der Waals surface area contributed by atoms with Crippen molar-refractivity contribution < 1.29 is 0 Å². The van der Waals surface area contributed by atoms with Gasteiger partial charge in [0.05, 0.1) is 0 Å². The zero-order valence-electron chi connectivity index (χ0n) is 5.93. The van der Waals surface area contributed by atoms with Crippen molar-refractivity contribution >= 4 is 0 Å². The molecule has 0 aromatic carbocycles. The van der Waals surface area contributed by atoms with Crippen LogP contribution in [0.3, 0.4) is 0 Å². The van der Waals surface area contributed by atoms with Gasteiger partial charge in [-0.2, -0.15) is 0 Å². The van der Waals surface area contributed by atoms with E-state index in [9.17, 15) is 4.79 Å². The molecule has 0 aliphatic carbocycles. The molecule has 0 saturated carbocycles. The van der Waals surface area contributed by atoms with E-state index in [4.69, 9.17) is 6.92 Å². The monoisotopic (exact) mass is 136 g/mol. The summed E-state index contributed by atoms with van der Waals surface area (Å²) in [6.07, 6.45) is 0. The second kappa shape index (κ2) is 2.25. The Morgan fingerprint density at radius 1 is 1.50 bits per heavy atom. The number of aryl methyl sites for hydroxylation is 1. The first-order valence-electron chi connectivity index (χ1n) is 2.94. The van der Waals surface area contributed by atoms with Gasteiger partial charge in [-0.25, -0.2) is 4.98 Å². The van der Waals surface area contributed by atoms with Crippen LogP contribution in [0.5, 0.6) is 0 Å². The van der Waals surface area contributed by atoms with E-state index in [1.165, 1.54) is 0 Å². The normalized spacial score (nSPS) is 9.90. The summed E-state index contributed by atoms with van der Waals surface area (Å²) >= 11 is 0. The number of nitrogens with zero attached hydrogens (tertiary/aromatic N) is 1. The summed E-state index contributed by atoms with van der Waals surface area (Å²) in [5.74, 6) is 0.174. The lowest BCUT2D eigenvalue weighted by Gasteiger charge is -1.97. The molecule has 1 aromatic heterocycles. The fourth-order valence-electron chi connectivity index (χ4n) is 0.667. The minimum Gasteiger partial charge on any atom is -0.310 e. The van der Waals surface area contributed by atoms with E-state index in [1.54, 1.807) is 13.8 Å². The predicted octanol–water partition coefficient (Wildman–Crippen LogP) is 0.446. The Hall–Kier alpha value is -1.12. The fourth-order valence-corrected chi connectivity index (χ4v) is 0.667. The molecule has 0 aliphatic rings. The lowest BCUT2D eigenvalue weighted by Crippen LogP contribution is -2.14. The fraction of sp³-hybridized carbons (Fsp3) is 0.286. The van der Waals surface area contributed by atoms with Gasteiger partial charge in [-0.15, -0.1) is 0 Å². The first-order valence-corrected chi connectivity index (χ1v) is 2.94. The van der Waals surface area contributed by atoms with Crippen LogP contribution in [0.25, 0.3) is 0 Å². The third-order valence-electron chi connectivity index (χ3n) is 1.41. The van der Waals surface area contributed by atoms with Gasteiger partial charge in [-0.05, 0) is 13.8 Å². The van der Waals surface area contributed by atoms with E-state index in [2.05, 4.69) is 9.97 Å². The Bertz CT molecular complexity index is 301. The smallest absolute Gasteiger partial charge is 0.254 e. The van der Waals surface area contributed by atoms with Crippen molar-refractivity contribution in [3.63, 3.8) is 0 Å². The van der Waals surface area contributed by atoms with Gasteiger partial charge in [0.15, 0.2) is 0 Å². The van der Waals surface area contributed by atoms with Crippen molar-refractivity contribution in [1.29, 1.82) is 0 Å². The average Bonchev–Trinajstić information content (AvgIpc) is 1.82. The molecule has 0 bridgehead atoms. The third-order valence-corrected chi connectivity index (χ3v) is 1.41. The summed E-state index contributed by atoms with van der Waals surface area (Å²) in [6, 6.07) is 0. The second-order valence-corrected chi connectivity index (χ2v) is 2.16. The van der Waals surface area contributed by atoms with Gasteiger partial charge in [0, 0.05) is 18.2 Å². The molecule has 1 heterocycles. The SMILES string of the molecule is [CH]c1nc(C)c(C)c(=O)[nH]1. The van der Waals surface area contributed by atoms with Gasteiger partial charge in [-0.3, -0.25) is 4.79 Å². The van der Waals surface area contributed by atoms with E-state index in [0.717, 1.165) is 0 Å². The molecular weight excluding hydrogens is 128 g/mol. The Labute approximate surface area is 59.1 Å². The van der Waals surface area contributed by atoms with Crippen molar-refractivity contribution in [2.24, 2.45) is 0 Å². The summed E-state index contributed by atoms with van der Waals surface area (Å²) in [5.41, 5.74) is 1.14. The molecule has 0 spiro atoms. The zero-order valence-corrected chi connectivity index (χ0v) is 5.93. The van der Waals surface area contributed by atoms with Gasteiger partial charge in [-0.1, -0.05) is 0 Å². The van der Waals surface area contributed by atoms with Crippen LogP contribution >= 0.6 is 0 Å². The number of hydrogen-bond acceptors (Lipinski definition) is 2. The highest BCUT2D eigenvalue weighted by molar-refractivity contribution is 5.14. The molecule has 0 fully saturated rings. The highest BCUT2D eigenvalue weighted by atomic mass is 16.1. The van der Waals surface area contributed by atoms with Crippen LogP contribution in [-0.4, -0.2) is 9.97 Å². The van der Waals surface area contributed by atoms with Crippen LogP contribution in [0.1, 0.15) is 17.1 Å². The molecule has 1 N–H and O–H groups in total. The van der Waals surface area contributed by atoms with Crippen molar-refractivity contribution in [3.8, 4) is 0 Å². The van der Waals surface area contributed by atoms with Crippen LogP contribution in [-0.2, 0) is 0 Å². The lowest BCUT2D eigenvalue weighted by atomic mass is 10.3. The van der Waals surface area contributed by atoms with E-state index in [0.29, 0.717) is 11.3 Å². The summed E-state index contributed by atoms with van der Waals surface area (Å²) in [5, 5.41) is 0. The van der Waals surface area contributed by atoms with Gasteiger partial charge in [0.25, 0.3) is 5.56 Å². The van der Waals surface area contributed by atoms with Crippen molar-refractivity contribution in [3.05, 3.63) is 34.4 Å². The summed E-state index contributed by atoms with van der Waals surface area (Å²) in [4.78, 5) is 17.1. The van der Waals surface area contributed by atoms with Crippen molar-refractivity contribution in [2.75, 3.05) is 0 Å². The molecule has 0 amide bonds. The molecule has 3 nitrogen and oxygen atoms in total. The zero-order chi connectivity index (χ0) is 7.72. The quantitative estimate of drug-likeness (QED) is 0.562. The van der Waals surface area contributed by atoms with Crippen LogP contribution in [0, 0.1) is 20.8 Å². The molecule has 52 valence electrons. The molecule has 1 aromatic rings. The first-order chi connectivity index (χ1) is 4.61. The van der Waals surface area contributed by atoms with Crippen molar-refractivity contribution in [2.45, 2.75) is 13.8 Å². The first kappa shape index (κ1) is 6.99. The van der Waals surface area contributed by atoms with Crippen LogP contribution < -0.4 is 5.56 Å². The maximum atomic E-state index is 10.9. The number of rotatable bonds is 0. The maximum Gasteiger partial charge on any atom is 0.254 e. The molecule has 0 aliphatic heterocycles. The summed E-state index contributed by atoms with van der Waals surface area (Å²) in [6.45, 7) is 8.72. The lowest BCUT2D eigenvalue weighted by molar-refractivity contribution is 0.987. The van der Waals surface area contributed by atoms with Gasteiger partial charge >= 0.3 is 0 Å². The molecule has 0 saturated heterocycles. The highest BCUT2D eigenvalue weighted by Gasteiger charge is 1.98.